The first-order valence-electron chi connectivity index (χ1n) is 9.76. The maximum Gasteiger partial charge on any atom is 0.253 e. The summed E-state index contributed by atoms with van der Waals surface area (Å²) in [6.45, 7) is 9.28. The first-order chi connectivity index (χ1) is 13.1. The number of carbonyl (C=O) groups is 1. The monoisotopic (exact) mass is 403 g/mol. The van der Waals surface area contributed by atoms with Gasteiger partial charge in [-0.1, -0.05) is 19.9 Å². The fourth-order valence-corrected chi connectivity index (χ4v) is 3.13. The summed E-state index contributed by atoms with van der Waals surface area (Å²) in [6.07, 6.45) is 2.79. The molecule has 1 aliphatic heterocycles. The lowest BCUT2D eigenvalue weighted by Gasteiger charge is -2.34. The van der Waals surface area contributed by atoms with Gasteiger partial charge >= 0.3 is 0 Å². The second kappa shape index (κ2) is 11.0. The van der Waals surface area contributed by atoms with Gasteiger partial charge in [0.1, 0.15) is 5.75 Å². The lowest BCUT2D eigenvalue weighted by molar-refractivity contribution is 0.0638. The Kier molecular flexibility index (Phi) is 8.74. The van der Waals surface area contributed by atoms with Crippen LogP contribution in [-0.2, 0) is 6.42 Å². The number of rotatable bonds is 7. The van der Waals surface area contributed by atoms with Crippen LogP contribution in [0.25, 0.3) is 0 Å². The van der Waals surface area contributed by atoms with E-state index in [4.69, 9.17) is 4.74 Å². The molecule has 1 aliphatic rings. The van der Waals surface area contributed by atoms with Crippen molar-refractivity contribution in [2.75, 3.05) is 39.3 Å². The summed E-state index contributed by atoms with van der Waals surface area (Å²) >= 11 is 0. The van der Waals surface area contributed by atoms with Crippen LogP contribution in [-0.4, -0.2) is 60.0 Å². The Labute approximate surface area is 174 Å². The molecule has 2 heterocycles. The van der Waals surface area contributed by atoms with Crippen LogP contribution in [0.3, 0.4) is 0 Å². The molecule has 152 valence electrons. The summed E-state index contributed by atoms with van der Waals surface area (Å²) in [7, 11) is 0. The molecule has 0 radical (unpaired) electrons. The molecule has 3 rings (SSSR count). The SMILES string of the molecule is CC(C)COc1ccc(C(=O)N2CCN(CCc3ccccn3)CC2)cc1.Cl. The number of hydrogen-bond donors (Lipinski definition) is 0. The minimum Gasteiger partial charge on any atom is -0.493 e. The third-order valence-electron chi connectivity index (χ3n) is 4.75. The van der Waals surface area contributed by atoms with Gasteiger partial charge in [0.15, 0.2) is 0 Å². The average Bonchev–Trinajstić information content (AvgIpc) is 2.72. The van der Waals surface area contributed by atoms with Crippen LogP contribution >= 0.6 is 12.4 Å². The van der Waals surface area contributed by atoms with Crippen molar-refractivity contribution in [1.82, 2.24) is 14.8 Å². The Morgan fingerprint density at radius 2 is 1.79 bits per heavy atom. The number of amides is 1. The maximum absolute atomic E-state index is 12.7. The van der Waals surface area contributed by atoms with E-state index in [1.54, 1.807) is 0 Å². The summed E-state index contributed by atoms with van der Waals surface area (Å²) < 4.78 is 5.69. The largest absolute Gasteiger partial charge is 0.493 e. The van der Waals surface area contributed by atoms with Crippen LogP contribution in [0.5, 0.6) is 5.75 Å². The van der Waals surface area contributed by atoms with Crippen molar-refractivity contribution in [3.63, 3.8) is 0 Å². The Morgan fingerprint density at radius 3 is 2.39 bits per heavy atom. The number of halogens is 1. The molecule has 0 saturated carbocycles. The highest BCUT2D eigenvalue weighted by atomic mass is 35.5. The number of piperazine rings is 1. The first kappa shape index (κ1) is 22.2. The van der Waals surface area contributed by atoms with E-state index in [1.165, 1.54) is 0 Å². The molecular formula is C22H30ClN3O2. The number of benzene rings is 1. The van der Waals surface area contributed by atoms with E-state index < -0.39 is 0 Å². The molecule has 28 heavy (non-hydrogen) atoms. The zero-order valence-corrected chi connectivity index (χ0v) is 17.5. The van der Waals surface area contributed by atoms with Crippen molar-refractivity contribution in [2.45, 2.75) is 20.3 Å². The van der Waals surface area contributed by atoms with Gasteiger partial charge in [0, 0.05) is 56.6 Å². The van der Waals surface area contributed by atoms with Gasteiger partial charge in [0.25, 0.3) is 5.91 Å². The Balaban J connectivity index is 0.00000280. The van der Waals surface area contributed by atoms with Gasteiger partial charge < -0.3 is 9.64 Å². The van der Waals surface area contributed by atoms with E-state index in [-0.39, 0.29) is 18.3 Å². The quantitative estimate of drug-likeness (QED) is 0.709. The smallest absolute Gasteiger partial charge is 0.253 e. The number of ether oxygens (including phenoxy) is 1. The van der Waals surface area contributed by atoms with Crippen molar-refractivity contribution in [3.8, 4) is 5.75 Å². The summed E-state index contributed by atoms with van der Waals surface area (Å²) in [5.41, 5.74) is 1.85. The fraction of sp³-hybridized carbons (Fsp3) is 0.455. The summed E-state index contributed by atoms with van der Waals surface area (Å²) in [6, 6.07) is 13.5. The maximum atomic E-state index is 12.7. The van der Waals surface area contributed by atoms with Crippen molar-refractivity contribution < 1.29 is 9.53 Å². The third kappa shape index (κ3) is 6.50. The van der Waals surface area contributed by atoms with Crippen LogP contribution in [0, 0.1) is 5.92 Å². The number of aromatic nitrogens is 1. The lowest BCUT2D eigenvalue weighted by Crippen LogP contribution is -2.49. The van der Waals surface area contributed by atoms with Crippen molar-refractivity contribution in [3.05, 3.63) is 59.9 Å². The van der Waals surface area contributed by atoms with E-state index in [1.807, 2.05) is 47.5 Å². The van der Waals surface area contributed by atoms with Crippen LogP contribution in [0.4, 0.5) is 0 Å². The summed E-state index contributed by atoms with van der Waals surface area (Å²) in [4.78, 5) is 21.4. The predicted molar refractivity (Wildman–Crippen MR) is 114 cm³/mol. The average molecular weight is 404 g/mol. The highest BCUT2D eigenvalue weighted by Crippen LogP contribution is 2.16. The van der Waals surface area contributed by atoms with Crippen LogP contribution < -0.4 is 4.74 Å². The molecule has 0 atom stereocenters. The van der Waals surface area contributed by atoms with E-state index in [0.717, 1.165) is 56.2 Å². The molecule has 5 nitrogen and oxygen atoms in total. The van der Waals surface area contributed by atoms with Gasteiger partial charge in [-0.3, -0.25) is 14.7 Å². The van der Waals surface area contributed by atoms with E-state index in [0.29, 0.717) is 12.5 Å². The normalized spacial score (nSPS) is 14.6. The van der Waals surface area contributed by atoms with Crippen LogP contribution in [0.15, 0.2) is 48.7 Å². The topological polar surface area (TPSA) is 45.7 Å². The zero-order valence-electron chi connectivity index (χ0n) is 16.7. The van der Waals surface area contributed by atoms with Gasteiger partial charge in [-0.25, -0.2) is 0 Å². The van der Waals surface area contributed by atoms with E-state index in [9.17, 15) is 4.79 Å². The molecule has 2 aromatic rings. The van der Waals surface area contributed by atoms with Crippen LogP contribution in [0.2, 0.25) is 0 Å². The Bertz CT molecular complexity index is 714. The van der Waals surface area contributed by atoms with Gasteiger partial charge in [0.05, 0.1) is 6.61 Å². The molecule has 0 bridgehead atoms. The summed E-state index contributed by atoms with van der Waals surface area (Å²) in [5, 5.41) is 0. The van der Waals surface area contributed by atoms with Gasteiger partial charge in [-0.15, -0.1) is 12.4 Å². The molecule has 0 unspecified atom stereocenters. The number of carbonyl (C=O) groups excluding carboxylic acids is 1. The highest BCUT2D eigenvalue weighted by Gasteiger charge is 2.22. The summed E-state index contributed by atoms with van der Waals surface area (Å²) in [5.74, 6) is 1.41. The molecule has 1 saturated heterocycles. The second-order valence-electron chi connectivity index (χ2n) is 7.43. The highest BCUT2D eigenvalue weighted by molar-refractivity contribution is 5.94. The minimum absolute atomic E-state index is 0. The standard InChI is InChI=1S/C22H29N3O2.ClH/c1-18(2)17-27-21-8-6-19(7-9-21)22(26)25-15-13-24(14-16-25)12-10-20-5-3-4-11-23-20;/h3-9,11,18H,10,12-17H2,1-2H3;1H. The number of pyridine rings is 1. The van der Waals surface area contributed by atoms with Gasteiger partial charge in [-0.2, -0.15) is 0 Å². The lowest BCUT2D eigenvalue weighted by atomic mass is 10.1. The Hall–Kier alpha value is -2.11. The molecule has 1 fully saturated rings. The van der Waals surface area contributed by atoms with Crippen LogP contribution in [0.1, 0.15) is 29.9 Å². The molecular weight excluding hydrogens is 374 g/mol. The number of nitrogens with zero attached hydrogens (tertiary/aromatic N) is 3. The molecule has 0 spiro atoms. The van der Waals surface area contributed by atoms with Crippen molar-refractivity contribution in [2.24, 2.45) is 5.92 Å². The zero-order chi connectivity index (χ0) is 19.1. The van der Waals surface area contributed by atoms with Gasteiger partial charge in [0.2, 0.25) is 0 Å². The van der Waals surface area contributed by atoms with E-state index >= 15 is 0 Å². The molecule has 1 aromatic heterocycles. The molecule has 1 aromatic carbocycles. The molecule has 6 heteroatoms. The minimum atomic E-state index is 0. The van der Waals surface area contributed by atoms with E-state index in [2.05, 4.69) is 29.8 Å². The second-order valence-corrected chi connectivity index (χ2v) is 7.43. The first-order valence-corrected chi connectivity index (χ1v) is 9.76. The molecule has 1 amide bonds. The molecule has 0 aliphatic carbocycles. The molecule has 0 N–H and O–H groups in total. The van der Waals surface area contributed by atoms with Crippen molar-refractivity contribution >= 4 is 18.3 Å². The van der Waals surface area contributed by atoms with Gasteiger partial charge in [-0.05, 0) is 42.3 Å². The van der Waals surface area contributed by atoms with Crippen molar-refractivity contribution in [1.29, 1.82) is 0 Å². The predicted octanol–water partition coefficient (Wildman–Crippen LogP) is 3.54. The number of hydrogen-bond acceptors (Lipinski definition) is 4. The third-order valence-corrected chi connectivity index (χ3v) is 4.75. The Morgan fingerprint density at radius 1 is 1.07 bits per heavy atom. The fourth-order valence-electron chi connectivity index (χ4n) is 3.13.